The van der Waals surface area contributed by atoms with Crippen LogP contribution >= 0.6 is 11.3 Å². The van der Waals surface area contributed by atoms with Crippen molar-refractivity contribution in [1.29, 1.82) is 0 Å². The third-order valence-electron chi connectivity index (χ3n) is 5.87. The van der Waals surface area contributed by atoms with E-state index in [1.807, 2.05) is 24.3 Å². The van der Waals surface area contributed by atoms with Gasteiger partial charge in [-0.25, -0.2) is 18.1 Å². The Hall–Kier alpha value is -3.83. The fourth-order valence-corrected chi connectivity index (χ4v) is 6.95. The highest BCUT2D eigenvalue weighted by atomic mass is 32.2. The number of aromatic nitrogens is 6. The maximum absolute atomic E-state index is 13.3. The van der Waals surface area contributed by atoms with E-state index in [9.17, 15) is 13.2 Å². The van der Waals surface area contributed by atoms with Crippen LogP contribution in [0.2, 0.25) is 0 Å². The van der Waals surface area contributed by atoms with Crippen LogP contribution in [0.25, 0.3) is 32.2 Å². The molecule has 1 N–H and O–H groups in total. The number of aryl methyl sites for hydroxylation is 1. The van der Waals surface area contributed by atoms with Crippen LogP contribution < -0.4 is 5.56 Å². The summed E-state index contributed by atoms with van der Waals surface area (Å²) in [6.45, 7) is 0.286. The molecule has 34 heavy (non-hydrogen) atoms. The summed E-state index contributed by atoms with van der Waals surface area (Å²) >= 11 is 1.07. The molecule has 0 saturated carbocycles. The molecule has 4 aromatic heterocycles. The third-order valence-corrected chi connectivity index (χ3v) is 9.09. The Morgan fingerprint density at radius 3 is 2.68 bits per heavy atom. The fraction of sp³-hybridized carbons (Fsp3) is 0.130. The van der Waals surface area contributed by atoms with Gasteiger partial charge in [-0.05, 0) is 17.2 Å². The molecule has 4 heterocycles. The van der Waals surface area contributed by atoms with Crippen LogP contribution in [0.1, 0.15) is 11.1 Å². The van der Waals surface area contributed by atoms with Crippen molar-refractivity contribution in [2.45, 2.75) is 16.6 Å². The number of sulfone groups is 1. The molecule has 2 aromatic carbocycles. The van der Waals surface area contributed by atoms with Crippen LogP contribution in [0, 0.1) is 0 Å². The molecule has 9 nitrogen and oxygen atoms in total. The van der Waals surface area contributed by atoms with Gasteiger partial charge in [0.2, 0.25) is 14.2 Å². The van der Waals surface area contributed by atoms with Gasteiger partial charge in [-0.15, -0.1) is 11.3 Å². The second-order valence-electron chi connectivity index (χ2n) is 8.05. The number of nitrogens with zero attached hydrogens (tertiary/aromatic N) is 5. The van der Waals surface area contributed by atoms with Crippen molar-refractivity contribution in [2.75, 3.05) is 0 Å². The number of thiazole rings is 1. The van der Waals surface area contributed by atoms with E-state index in [1.165, 1.54) is 4.68 Å². The van der Waals surface area contributed by atoms with Crippen molar-refractivity contribution in [3.05, 3.63) is 82.4 Å². The van der Waals surface area contributed by atoms with Crippen LogP contribution in [-0.4, -0.2) is 37.9 Å². The first-order valence-electron chi connectivity index (χ1n) is 10.4. The monoisotopic (exact) mass is 490 g/mol. The van der Waals surface area contributed by atoms with E-state index in [-0.39, 0.29) is 22.2 Å². The molecule has 0 unspecified atom stereocenters. The van der Waals surface area contributed by atoms with Gasteiger partial charge in [0, 0.05) is 17.8 Å². The number of fused-ring (bicyclic) bond motifs is 4. The van der Waals surface area contributed by atoms with E-state index in [0.29, 0.717) is 26.8 Å². The molecule has 0 radical (unpaired) electrons. The number of H-pyrrole nitrogens is 1. The molecule has 0 saturated heterocycles. The standard InChI is InChI=1S/C23H18N6O3S2/c1-28-19-17(11-25-29(22(19)30)12-15-8-5-9-18-16(15)10-24-27-18)20-21(28)26-23(33-20)34(31,32)13-14-6-3-2-4-7-14/h2-11H,12-13H2,1H3,(H,24,27). The van der Waals surface area contributed by atoms with Crippen molar-refractivity contribution < 1.29 is 8.42 Å². The van der Waals surface area contributed by atoms with Crippen LogP contribution in [0.5, 0.6) is 0 Å². The van der Waals surface area contributed by atoms with Gasteiger partial charge in [-0.2, -0.15) is 10.2 Å². The van der Waals surface area contributed by atoms with E-state index in [2.05, 4.69) is 20.3 Å². The lowest BCUT2D eigenvalue weighted by Gasteiger charge is -2.07. The minimum absolute atomic E-state index is 0.0367. The maximum Gasteiger partial charge on any atom is 0.291 e. The summed E-state index contributed by atoms with van der Waals surface area (Å²) in [5.41, 5.74) is 3.14. The Morgan fingerprint density at radius 2 is 1.85 bits per heavy atom. The summed E-state index contributed by atoms with van der Waals surface area (Å²) in [5, 5.41) is 12.9. The normalized spacial score (nSPS) is 12.3. The fourth-order valence-electron chi connectivity index (χ4n) is 4.20. The van der Waals surface area contributed by atoms with Crippen molar-refractivity contribution >= 4 is 53.3 Å². The Bertz CT molecular complexity index is 1860. The van der Waals surface area contributed by atoms with Gasteiger partial charge in [0.1, 0.15) is 5.52 Å². The van der Waals surface area contributed by atoms with Crippen molar-refractivity contribution in [3.63, 3.8) is 0 Å². The summed E-state index contributed by atoms with van der Waals surface area (Å²) in [4.78, 5) is 17.7. The molecule has 0 fully saturated rings. The Morgan fingerprint density at radius 1 is 1.03 bits per heavy atom. The van der Waals surface area contributed by atoms with Gasteiger partial charge in [0.15, 0.2) is 5.65 Å². The SMILES string of the molecule is Cn1c2nc(S(=O)(=O)Cc3ccccc3)sc2c2cnn(Cc3cccc4[nH]ncc34)c(=O)c21. The molecule has 0 aliphatic rings. The van der Waals surface area contributed by atoms with Crippen LogP contribution in [0.15, 0.2) is 70.1 Å². The zero-order valence-electron chi connectivity index (χ0n) is 18.0. The molecule has 0 spiro atoms. The first kappa shape index (κ1) is 20.8. The predicted octanol–water partition coefficient (Wildman–Crippen LogP) is 3.24. The minimum Gasteiger partial charge on any atom is -0.323 e. The smallest absolute Gasteiger partial charge is 0.291 e. The number of benzene rings is 2. The summed E-state index contributed by atoms with van der Waals surface area (Å²) in [7, 11) is -1.90. The molecular weight excluding hydrogens is 472 g/mol. The summed E-state index contributed by atoms with van der Waals surface area (Å²) in [5.74, 6) is -0.129. The van der Waals surface area contributed by atoms with Gasteiger partial charge < -0.3 is 4.57 Å². The minimum atomic E-state index is -3.62. The van der Waals surface area contributed by atoms with E-state index in [4.69, 9.17) is 0 Å². The molecule has 11 heteroatoms. The Kier molecular flexibility index (Phi) is 4.64. The predicted molar refractivity (Wildman–Crippen MR) is 131 cm³/mol. The van der Waals surface area contributed by atoms with Gasteiger partial charge in [0.25, 0.3) is 5.56 Å². The average molecular weight is 491 g/mol. The van der Waals surface area contributed by atoms with Crippen molar-refractivity contribution in [1.82, 2.24) is 29.5 Å². The number of hydrogen-bond acceptors (Lipinski definition) is 7. The third kappa shape index (κ3) is 3.24. The Balaban J connectivity index is 1.43. The van der Waals surface area contributed by atoms with Crippen LogP contribution in [0.3, 0.4) is 0 Å². The highest BCUT2D eigenvalue weighted by Crippen LogP contribution is 2.34. The molecule has 0 aliphatic carbocycles. The Labute approximate surface area is 197 Å². The number of hydrogen-bond donors (Lipinski definition) is 1. The van der Waals surface area contributed by atoms with E-state index < -0.39 is 9.84 Å². The van der Waals surface area contributed by atoms with E-state index in [1.54, 1.807) is 48.3 Å². The molecule has 0 amide bonds. The largest absolute Gasteiger partial charge is 0.323 e. The molecular formula is C23H18N6O3S2. The van der Waals surface area contributed by atoms with Gasteiger partial charge in [-0.1, -0.05) is 42.5 Å². The highest BCUT2D eigenvalue weighted by Gasteiger charge is 2.25. The zero-order chi connectivity index (χ0) is 23.4. The quantitative estimate of drug-likeness (QED) is 0.397. The number of aromatic amines is 1. The number of nitrogens with one attached hydrogen (secondary N) is 1. The zero-order valence-corrected chi connectivity index (χ0v) is 19.6. The lowest BCUT2D eigenvalue weighted by Crippen LogP contribution is -2.24. The molecule has 0 atom stereocenters. The van der Waals surface area contributed by atoms with Crippen molar-refractivity contribution in [2.24, 2.45) is 7.05 Å². The molecule has 0 bridgehead atoms. The van der Waals surface area contributed by atoms with E-state index >= 15 is 0 Å². The highest BCUT2D eigenvalue weighted by molar-refractivity contribution is 7.92. The van der Waals surface area contributed by atoms with Crippen molar-refractivity contribution in [3.8, 4) is 0 Å². The van der Waals surface area contributed by atoms with Gasteiger partial charge >= 0.3 is 0 Å². The number of rotatable bonds is 5. The van der Waals surface area contributed by atoms with Crippen LogP contribution in [0.4, 0.5) is 0 Å². The maximum atomic E-state index is 13.3. The summed E-state index contributed by atoms with van der Waals surface area (Å²) < 4.78 is 29.7. The first-order valence-corrected chi connectivity index (χ1v) is 12.9. The summed E-state index contributed by atoms with van der Waals surface area (Å²) in [6.07, 6.45) is 3.34. The molecule has 170 valence electrons. The van der Waals surface area contributed by atoms with E-state index in [0.717, 1.165) is 27.8 Å². The lowest BCUT2D eigenvalue weighted by molar-refractivity contribution is 0.594. The lowest BCUT2D eigenvalue weighted by atomic mass is 10.1. The van der Waals surface area contributed by atoms with Gasteiger partial charge in [-0.3, -0.25) is 9.89 Å². The van der Waals surface area contributed by atoms with Crippen LogP contribution in [-0.2, 0) is 29.2 Å². The molecule has 6 rings (SSSR count). The molecule has 6 aromatic rings. The topological polar surface area (TPSA) is 116 Å². The molecule has 0 aliphatic heterocycles. The average Bonchev–Trinajstić information content (AvgIpc) is 3.53. The summed E-state index contributed by atoms with van der Waals surface area (Å²) in [6, 6.07) is 14.8. The second-order valence-corrected chi connectivity index (χ2v) is 11.2. The van der Waals surface area contributed by atoms with Gasteiger partial charge in [0.05, 0.1) is 34.9 Å². The first-order chi connectivity index (χ1) is 16.4. The second kappa shape index (κ2) is 7.61.